The molecule has 2 rings (SSSR count). The van der Waals surface area contributed by atoms with Gasteiger partial charge >= 0.3 is 5.97 Å². The largest absolute Gasteiger partial charge is 0.469 e. The van der Waals surface area contributed by atoms with E-state index in [9.17, 15) is 9.59 Å². The fraction of sp³-hybridized carbons (Fsp3) is 0.714. The Labute approximate surface area is 102 Å². The highest BCUT2D eigenvalue weighted by molar-refractivity contribution is 5.88. The summed E-state index contributed by atoms with van der Waals surface area (Å²) in [5, 5.41) is 0. The van der Waals surface area contributed by atoms with Crippen molar-refractivity contribution in [2.75, 3.05) is 7.11 Å². The van der Waals surface area contributed by atoms with Gasteiger partial charge in [-0.05, 0) is 24.2 Å². The van der Waals surface area contributed by atoms with Gasteiger partial charge in [-0.15, -0.1) is 0 Å². The molecule has 0 heterocycles. The molecule has 17 heavy (non-hydrogen) atoms. The Hall–Kier alpha value is -1.12. The monoisotopic (exact) mass is 236 g/mol. The van der Waals surface area contributed by atoms with Crippen LogP contribution in [0.2, 0.25) is 0 Å². The fourth-order valence-electron chi connectivity index (χ4n) is 3.22. The highest BCUT2D eigenvalue weighted by Gasteiger charge is 2.43. The molecule has 2 aliphatic carbocycles. The maximum atomic E-state index is 12.2. The molecule has 5 atom stereocenters. The minimum absolute atomic E-state index is 0.107. The predicted molar refractivity (Wildman–Crippen MR) is 64.2 cm³/mol. The number of hydrogen-bond acceptors (Lipinski definition) is 3. The highest BCUT2D eigenvalue weighted by atomic mass is 16.5. The second kappa shape index (κ2) is 4.63. The molecule has 3 heteroatoms. The van der Waals surface area contributed by atoms with Crippen LogP contribution in [0.5, 0.6) is 0 Å². The summed E-state index contributed by atoms with van der Waals surface area (Å²) in [5.41, 5.74) is 0. The third kappa shape index (κ3) is 2.15. The van der Waals surface area contributed by atoms with Crippen molar-refractivity contribution < 1.29 is 14.3 Å². The lowest BCUT2D eigenvalue weighted by Gasteiger charge is -2.40. The molecule has 94 valence electrons. The van der Waals surface area contributed by atoms with Crippen molar-refractivity contribution in [1.29, 1.82) is 0 Å². The molecule has 0 spiro atoms. The first kappa shape index (κ1) is 12.3. The third-order valence-electron chi connectivity index (χ3n) is 4.43. The summed E-state index contributed by atoms with van der Waals surface area (Å²) in [6.07, 6.45) is 5.43. The molecular formula is C14H20O3. The molecule has 0 radical (unpaired) electrons. The molecule has 1 saturated carbocycles. The standard InChI is InChI=1S/C14H20O3/c1-8-4-5-10-6-11(14(16)17-3)7-12(15)13(10)9(8)2/h4-5,8-11,13H,6-7H2,1-3H3/t8-,9-,10-,11+,13+/m0/s1. The van der Waals surface area contributed by atoms with Gasteiger partial charge in [0, 0.05) is 12.3 Å². The number of allylic oxidation sites excluding steroid dienone is 2. The second-order valence-electron chi connectivity index (χ2n) is 5.42. The SMILES string of the molecule is COC(=O)[C@H]1CC(=O)[C@@H]2[C@@H](C)[C@@H](C)C=C[C@H]2C1. The zero-order valence-electron chi connectivity index (χ0n) is 10.7. The van der Waals surface area contributed by atoms with Crippen molar-refractivity contribution in [1.82, 2.24) is 0 Å². The van der Waals surface area contributed by atoms with E-state index in [0.29, 0.717) is 18.3 Å². The smallest absolute Gasteiger partial charge is 0.309 e. The van der Waals surface area contributed by atoms with Crippen LogP contribution in [0.3, 0.4) is 0 Å². The minimum atomic E-state index is -0.239. The Bertz CT molecular complexity index is 358. The van der Waals surface area contributed by atoms with E-state index in [-0.39, 0.29) is 29.5 Å². The van der Waals surface area contributed by atoms with E-state index in [1.807, 2.05) is 0 Å². The van der Waals surface area contributed by atoms with Crippen LogP contribution >= 0.6 is 0 Å². The van der Waals surface area contributed by atoms with E-state index in [1.54, 1.807) is 0 Å². The van der Waals surface area contributed by atoms with Crippen molar-refractivity contribution in [3.05, 3.63) is 12.2 Å². The molecule has 0 aromatic carbocycles. The Morgan fingerprint density at radius 3 is 2.71 bits per heavy atom. The van der Waals surface area contributed by atoms with Crippen LogP contribution in [0, 0.1) is 29.6 Å². The predicted octanol–water partition coefficient (Wildman–Crippen LogP) is 2.21. The molecular weight excluding hydrogens is 216 g/mol. The van der Waals surface area contributed by atoms with Crippen molar-refractivity contribution in [3.63, 3.8) is 0 Å². The van der Waals surface area contributed by atoms with E-state index in [0.717, 1.165) is 6.42 Å². The lowest BCUT2D eigenvalue weighted by molar-refractivity contribution is -0.151. The highest BCUT2D eigenvalue weighted by Crippen LogP contribution is 2.42. The van der Waals surface area contributed by atoms with Gasteiger partial charge in [-0.1, -0.05) is 26.0 Å². The van der Waals surface area contributed by atoms with Crippen molar-refractivity contribution >= 4 is 11.8 Å². The topological polar surface area (TPSA) is 43.4 Å². The molecule has 0 amide bonds. The van der Waals surface area contributed by atoms with Gasteiger partial charge in [0.2, 0.25) is 0 Å². The zero-order chi connectivity index (χ0) is 12.6. The summed E-state index contributed by atoms with van der Waals surface area (Å²) in [6, 6.07) is 0. The summed E-state index contributed by atoms with van der Waals surface area (Å²) in [7, 11) is 1.39. The summed E-state index contributed by atoms with van der Waals surface area (Å²) in [5.74, 6) is 0.935. The Morgan fingerprint density at radius 2 is 2.06 bits per heavy atom. The van der Waals surface area contributed by atoms with Gasteiger partial charge in [0.1, 0.15) is 5.78 Å². The number of ether oxygens (including phenoxy) is 1. The summed E-state index contributed by atoms with van der Waals surface area (Å²) in [4.78, 5) is 23.7. The number of ketones is 1. The summed E-state index contributed by atoms with van der Waals surface area (Å²) >= 11 is 0. The molecule has 3 nitrogen and oxygen atoms in total. The molecule has 0 bridgehead atoms. The van der Waals surface area contributed by atoms with Gasteiger partial charge in [-0.2, -0.15) is 0 Å². The van der Waals surface area contributed by atoms with E-state index >= 15 is 0 Å². The molecule has 0 unspecified atom stereocenters. The van der Waals surface area contributed by atoms with Gasteiger partial charge < -0.3 is 4.74 Å². The number of Topliss-reactive ketones (excluding diaryl/α,β-unsaturated/α-hetero) is 1. The quantitative estimate of drug-likeness (QED) is 0.518. The summed E-state index contributed by atoms with van der Waals surface area (Å²) < 4.78 is 4.75. The van der Waals surface area contributed by atoms with E-state index in [2.05, 4.69) is 26.0 Å². The lowest BCUT2D eigenvalue weighted by atomic mass is 9.63. The number of esters is 1. The Morgan fingerprint density at radius 1 is 1.35 bits per heavy atom. The molecule has 1 fully saturated rings. The molecule has 0 saturated heterocycles. The minimum Gasteiger partial charge on any atom is -0.469 e. The third-order valence-corrected chi connectivity index (χ3v) is 4.43. The van der Waals surface area contributed by atoms with Gasteiger partial charge in [-0.25, -0.2) is 0 Å². The van der Waals surface area contributed by atoms with E-state index < -0.39 is 0 Å². The number of carbonyl (C=O) groups is 2. The molecule has 2 aliphatic rings. The van der Waals surface area contributed by atoms with Crippen molar-refractivity contribution in [2.45, 2.75) is 26.7 Å². The van der Waals surface area contributed by atoms with Crippen LogP contribution < -0.4 is 0 Å². The van der Waals surface area contributed by atoms with Crippen molar-refractivity contribution in [3.8, 4) is 0 Å². The first-order valence-electron chi connectivity index (χ1n) is 6.33. The average molecular weight is 236 g/mol. The van der Waals surface area contributed by atoms with Crippen LogP contribution in [-0.4, -0.2) is 18.9 Å². The maximum Gasteiger partial charge on any atom is 0.309 e. The lowest BCUT2D eigenvalue weighted by Crippen LogP contribution is -2.42. The molecule has 0 aliphatic heterocycles. The first-order valence-corrected chi connectivity index (χ1v) is 6.33. The molecule has 0 N–H and O–H groups in total. The number of rotatable bonds is 1. The van der Waals surface area contributed by atoms with Gasteiger partial charge in [0.15, 0.2) is 0 Å². The number of hydrogen-bond donors (Lipinski definition) is 0. The molecule has 0 aromatic heterocycles. The number of carbonyl (C=O) groups excluding carboxylic acids is 2. The fourth-order valence-corrected chi connectivity index (χ4v) is 3.22. The normalized spacial score (nSPS) is 40.9. The van der Waals surface area contributed by atoms with Crippen molar-refractivity contribution in [2.24, 2.45) is 29.6 Å². The number of methoxy groups -OCH3 is 1. The zero-order valence-corrected chi connectivity index (χ0v) is 10.7. The van der Waals surface area contributed by atoms with Crippen LogP contribution in [0.1, 0.15) is 26.7 Å². The van der Waals surface area contributed by atoms with Crippen LogP contribution in [0.4, 0.5) is 0 Å². The first-order chi connectivity index (χ1) is 8.04. The van der Waals surface area contributed by atoms with Gasteiger partial charge in [0.25, 0.3) is 0 Å². The van der Waals surface area contributed by atoms with Crippen LogP contribution in [0.15, 0.2) is 12.2 Å². The van der Waals surface area contributed by atoms with Gasteiger partial charge in [-0.3, -0.25) is 9.59 Å². The molecule has 0 aromatic rings. The van der Waals surface area contributed by atoms with Gasteiger partial charge in [0.05, 0.1) is 13.0 Å². The van der Waals surface area contributed by atoms with E-state index in [1.165, 1.54) is 7.11 Å². The maximum absolute atomic E-state index is 12.2. The average Bonchev–Trinajstić information content (AvgIpc) is 2.32. The Balaban J connectivity index is 2.18. The Kier molecular flexibility index (Phi) is 3.36. The second-order valence-corrected chi connectivity index (χ2v) is 5.42. The van der Waals surface area contributed by atoms with Crippen LogP contribution in [0.25, 0.3) is 0 Å². The number of fused-ring (bicyclic) bond motifs is 1. The van der Waals surface area contributed by atoms with E-state index in [4.69, 9.17) is 4.74 Å². The van der Waals surface area contributed by atoms with Crippen LogP contribution in [-0.2, 0) is 14.3 Å². The summed E-state index contributed by atoms with van der Waals surface area (Å²) in [6.45, 7) is 4.29.